The molecular formula is C29H26N4O2. The van der Waals surface area contributed by atoms with Gasteiger partial charge in [-0.25, -0.2) is 9.69 Å². The second-order valence-corrected chi connectivity index (χ2v) is 8.16. The monoisotopic (exact) mass is 462 g/mol. The third kappa shape index (κ3) is 5.84. The predicted octanol–water partition coefficient (Wildman–Crippen LogP) is 5.57. The molecule has 174 valence electrons. The lowest BCUT2D eigenvalue weighted by molar-refractivity contribution is -0.129. The Bertz CT molecular complexity index is 1360. The van der Waals surface area contributed by atoms with Gasteiger partial charge in [0.25, 0.3) is 5.91 Å². The van der Waals surface area contributed by atoms with Crippen LogP contribution >= 0.6 is 0 Å². The number of rotatable bonds is 7. The summed E-state index contributed by atoms with van der Waals surface area (Å²) in [7, 11) is 0. The van der Waals surface area contributed by atoms with Crippen LogP contribution in [0.3, 0.4) is 0 Å². The molecule has 4 aromatic rings. The quantitative estimate of drug-likeness (QED) is 0.278. The molecule has 0 heterocycles. The molecule has 35 heavy (non-hydrogen) atoms. The summed E-state index contributed by atoms with van der Waals surface area (Å²) in [5, 5.41) is 17.1. The molecule has 0 aliphatic heterocycles. The van der Waals surface area contributed by atoms with Crippen LogP contribution in [0.5, 0.6) is 0 Å². The molecule has 0 aromatic heterocycles. The minimum absolute atomic E-state index is 0.230. The number of fused-ring (bicyclic) bond motifs is 1. The number of hydrogen-bond donors (Lipinski definition) is 2. The van der Waals surface area contributed by atoms with Gasteiger partial charge in [-0.15, -0.1) is 0 Å². The molecule has 1 unspecified atom stereocenters. The van der Waals surface area contributed by atoms with Gasteiger partial charge in [0.05, 0.1) is 0 Å². The van der Waals surface area contributed by atoms with E-state index >= 15 is 0 Å². The SMILES string of the molecule is CCN(C#N)C(=O)C(Cc1ccc2ccccc2c1)NC(=O)Nc1ccc(-c2ccccc2)cc1. The van der Waals surface area contributed by atoms with Gasteiger partial charge in [-0.2, -0.15) is 5.26 Å². The Morgan fingerprint density at radius 3 is 2.20 bits per heavy atom. The van der Waals surface area contributed by atoms with E-state index in [0.29, 0.717) is 5.69 Å². The maximum atomic E-state index is 13.0. The molecule has 0 aliphatic carbocycles. The van der Waals surface area contributed by atoms with Crippen molar-refractivity contribution in [2.45, 2.75) is 19.4 Å². The summed E-state index contributed by atoms with van der Waals surface area (Å²) in [6, 6.07) is 29.9. The van der Waals surface area contributed by atoms with E-state index in [1.165, 1.54) is 0 Å². The van der Waals surface area contributed by atoms with Crippen LogP contribution in [-0.4, -0.2) is 29.4 Å². The van der Waals surface area contributed by atoms with Crippen molar-refractivity contribution in [2.75, 3.05) is 11.9 Å². The highest BCUT2D eigenvalue weighted by Crippen LogP contribution is 2.21. The summed E-state index contributed by atoms with van der Waals surface area (Å²) >= 11 is 0. The fraction of sp³-hybridized carbons (Fsp3) is 0.138. The van der Waals surface area contributed by atoms with Gasteiger partial charge in [-0.3, -0.25) is 4.79 Å². The van der Waals surface area contributed by atoms with E-state index in [1.807, 2.05) is 103 Å². The lowest BCUT2D eigenvalue weighted by Gasteiger charge is -2.22. The van der Waals surface area contributed by atoms with E-state index in [-0.39, 0.29) is 13.0 Å². The van der Waals surface area contributed by atoms with Crippen molar-refractivity contribution in [1.82, 2.24) is 10.2 Å². The summed E-state index contributed by atoms with van der Waals surface area (Å²) in [5.74, 6) is -0.447. The van der Waals surface area contributed by atoms with Gasteiger partial charge >= 0.3 is 6.03 Å². The summed E-state index contributed by atoms with van der Waals surface area (Å²) in [6.45, 7) is 1.95. The zero-order valence-electron chi connectivity index (χ0n) is 19.4. The van der Waals surface area contributed by atoms with E-state index < -0.39 is 18.0 Å². The standard InChI is InChI=1S/C29H26N4O2/c1-2-33(20-30)28(34)27(19-21-12-13-23-10-6-7-11-25(23)18-21)32-29(35)31-26-16-14-24(15-17-26)22-8-4-3-5-9-22/h3-18,27H,2,19H2,1H3,(H2,31,32,35). The Hall–Kier alpha value is -4.63. The number of carbonyl (C=O) groups is 2. The molecule has 0 saturated carbocycles. The molecule has 0 radical (unpaired) electrons. The van der Waals surface area contributed by atoms with Crippen LogP contribution in [0.15, 0.2) is 97.1 Å². The van der Waals surface area contributed by atoms with Gasteiger partial charge in [0.1, 0.15) is 6.04 Å². The first-order valence-corrected chi connectivity index (χ1v) is 11.5. The van der Waals surface area contributed by atoms with Gasteiger partial charge < -0.3 is 10.6 Å². The van der Waals surface area contributed by atoms with Crippen molar-refractivity contribution in [2.24, 2.45) is 0 Å². The summed E-state index contributed by atoms with van der Waals surface area (Å²) in [5.41, 5.74) is 3.62. The van der Waals surface area contributed by atoms with Crippen molar-refractivity contribution >= 4 is 28.4 Å². The number of carbonyl (C=O) groups excluding carboxylic acids is 2. The van der Waals surface area contributed by atoms with Crippen LogP contribution in [0.2, 0.25) is 0 Å². The highest BCUT2D eigenvalue weighted by atomic mass is 16.2. The molecule has 2 N–H and O–H groups in total. The molecule has 0 saturated heterocycles. The first-order chi connectivity index (χ1) is 17.1. The number of hydrogen-bond acceptors (Lipinski definition) is 3. The topological polar surface area (TPSA) is 85.2 Å². The van der Waals surface area contributed by atoms with E-state index in [1.54, 1.807) is 6.92 Å². The minimum Gasteiger partial charge on any atom is -0.326 e. The summed E-state index contributed by atoms with van der Waals surface area (Å²) in [6.07, 6.45) is 2.17. The Morgan fingerprint density at radius 2 is 1.51 bits per heavy atom. The van der Waals surface area contributed by atoms with Gasteiger partial charge in [-0.05, 0) is 46.5 Å². The van der Waals surface area contributed by atoms with E-state index in [0.717, 1.165) is 32.4 Å². The second-order valence-electron chi connectivity index (χ2n) is 8.16. The van der Waals surface area contributed by atoms with Gasteiger partial charge in [0.15, 0.2) is 6.19 Å². The molecule has 3 amide bonds. The molecule has 4 aromatic carbocycles. The van der Waals surface area contributed by atoms with E-state index in [9.17, 15) is 14.9 Å². The Labute approximate surface area is 204 Å². The van der Waals surface area contributed by atoms with Gasteiger partial charge in [-0.1, -0.05) is 84.9 Å². The summed E-state index contributed by atoms with van der Waals surface area (Å²) < 4.78 is 0. The maximum absolute atomic E-state index is 13.0. The average Bonchev–Trinajstić information content (AvgIpc) is 2.90. The second kappa shape index (κ2) is 11.0. The van der Waals surface area contributed by atoms with Crippen molar-refractivity contribution in [3.63, 3.8) is 0 Å². The molecule has 6 heteroatoms. The number of urea groups is 1. The van der Waals surface area contributed by atoms with Crippen LogP contribution < -0.4 is 10.6 Å². The zero-order valence-corrected chi connectivity index (χ0v) is 19.4. The Balaban J connectivity index is 1.49. The van der Waals surface area contributed by atoms with Gasteiger partial charge in [0, 0.05) is 18.7 Å². The van der Waals surface area contributed by atoms with E-state index in [4.69, 9.17) is 0 Å². The lowest BCUT2D eigenvalue weighted by Crippen LogP contribution is -2.49. The lowest BCUT2D eigenvalue weighted by atomic mass is 10.0. The fourth-order valence-corrected chi connectivity index (χ4v) is 3.97. The van der Waals surface area contributed by atoms with Crippen molar-refractivity contribution < 1.29 is 9.59 Å². The first kappa shape index (κ1) is 23.5. The predicted molar refractivity (Wildman–Crippen MR) is 138 cm³/mol. The molecular weight excluding hydrogens is 436 g/mol. The third-order valence-corrected chi connectivity index (χ3v) is 5.81. The van der Waals surface area contributed by atoms with Crippen molar-refractivity contribution in [3.05, 3.63) is 103 Å². The molecule has 0 aliphatic rings. The highest BCUT2D eigenvalue weighted by molar-refractivity contribution is 5.94. The Kier molecular flexibility index (Phi) is 7.39. The molecule has 0 spiro atoms. The molecule has 6 nitrogen and oxygen atoms in total. The largest absolute Gasteiger partial charge is 0.326 e. The number of benzene rings is 4. The number of likely N-dealkylation sites (N-methyl/N-ethyl adjacent to an activating group) is 1. The number of amides is 3. The Morgan fingerprint density at radius 1 is 0.857 bits per heavy atom. The number of anilines is 1. The van der Waals surface area contributed by atoms with E-state index in [2.05, 4.69) is 10.6 Å². The summed E-state index contributed by atoms with van der Waals surface area (Å²) in [4.78, 5) is 26.9. The number of nitrogens with zero attached hydrogens (tertiary/aromatic N) is 2. The van der Waals surface area contributed by atoms with Crippen LogP contribution in [0.25, 0.3) is 21.9 Å². The zero-order chi connectivity index (χ0) is 24.6. The van der Waals surface area contributed by atoms with Crippen molar-refractivity contribution in [1.29, 1.82) is 5.26 Å². The first-order valence-electron chi connectivity index (χ1n) is 11.5. The van der Waals surface area contributed by atoms with Crippen LogP contribution in [0, 0.1) is 11.5 Å². The smallest absolute Gasteiger partial charge is 0.319 e. The van der Waals surface area contributed by atoms with Crippen LogP contribution in [0.1, 0.15) is 12.5 Å². The number of nitriles is 1. The highest BCUT2D eigenvalue weighted by Gasteiger charge is 2.26. The number of nitrogens with one attached hydrogen (secondary N) is 2. The van der Waals surface area contributed by atoms with Crippen LogP contribution in [0.4, 0.5) is 10.5 Å². The van der Waals surface area contributed by atoms with Gasteiger partial charge in [0.2, 0.25) is 0 Å². The minimum atomic E-state index is -0.889. The normalized spacial score (nSPS) is 11.3. The average molecular weight is 463 g/mol. The molecule has 0 fully saturated rings. The molecule has 1 atom stereocenters. The molecule has 0 bridgehead atoms. The van der Waals surface area contributed by atoms with Crippen molar-refractivity contribution in [3.8, 4) is 17.3 Å². The third-order valence-electron chi connectivity index (χ3n) is 5.81. The molecule has 4 rings (SSSR count). The van der Waals surface area contributed by atoms with Crippen LogP contribution in [-0.2, 0) is 11.2 Å². The maximum Gasteiger partial charge on any atom is 0.319 e. The fourth-order valence-electron chi connectivity index (χ4n) is 3.97.